The quantitative estimate of drug-likeness (QED) is 0.374. The van der Waals surface area contributed by atoms with Crippen LogP contribution in [0, 0.1) is 5.92 Å². The minimum Gasteiger partial charge on any atom is -0.457 e. The van der Waals surface area contributed by atoms with Gasteiger partial charge in [-0.2, -0.15) is 4.31 Å². The van der Waals surface area contributed by atoms with Crippen molar-refractivity contribution in [1.82, 2.24) is 19.8 Å². The van der Waals surface area contributed by atoms with Crippen LogP contribution in [0.25, 0.3) is 11.3 Å². The van der Waals surface area contributed by atoms with E-state index in [0.29, 0.717) is 24.3 Å². The molecule has 0 radical (unpaired) electrons. The number of carbonyl (C=O) groups excluding carboxylic acids is 1. The van der Waals surface area contributed by atoms with E-state index in [0.717, 1.165) is 17.7 Å². The molecule has 1 saturated heterocycles. The normalized spacial score (nSPS) is 19.6. The zero-order valence-corrected chi connectivity index (χ0v) is 19.0. The van der Waals surface area contributed by atoms with Gasteiger partial charge in [-0.25, -0.2) is 18.9 Å². The monoisotopic (exact) mass is 470 g/mol. The van der Waals surface area contributed by atoms with Crippen molar-refractivity contribution in [3.63, 3.8) is 0 Å². The molecule has 0 aliphatic carbocycles. The number of sulfonamides is 1. The number of benzene rings is 2. The lowest BCUT2D eigenvalue weighted by molar-refractivity contribution is -0.134. The highest BCUT2D eigenvalue weighted by molar-refractivity contribution is 7.89. The molecule has 0 spiro atoms. The van der Waals surface area contributed by atoms with E-state index >= 15 is 0 Å². The molecule has 3 aromatic rings. The first-order chi connectivity index (χ1) is 15.9. The number of aromatic amines is 1. The molecule has 1 fully saturated rings. The van der Waals surface area contributed by atoms with Crippen LogP contribution in [-0.4, -0.2) is 46.4 Å². The first-order valence-electron chi connectivity index (χ1n) is 10.7. The number of rotatable bonds is 6. The number of nitrogens with one attached hydrogen (secondary N) is 2. The second-order valence-electron chi connectivity index (χ2n) is 8.07. The summed E-state index contributed by atoms with van der Waals surface area (Å²) in [5.41, 5.74) is 3.49. The fourth-order valence-corrected chi connectivity index (χ4v) is 5.83. The van der Waals surface area contributed by atoms with E-state index in [1.165, 1.54) is 16.4 Å². The molecule has 1 aromatic heterocycles. The Morgan fingerprint density at radius 1 is 1.12 bits per heavy atom. The summed E-state index contributed by atoms with van der Waals surface area (Å²) in [6.07, 6.45) is 5.51. The molecule has 1 unspecified atom stereocenters. The molecular weight excluding hydrogens is 444 g/mol. The minimum absolute atomic E-state index is 0.0642. The van der Waals surface area contributed by atoms with Gasteiger partial charge in [0.1, 0.15) is 17.5 Å². The third-order valence-electron chi connectivity index (χ3n) is 5.85. The number of H-pyrrole nitrogens is 1. The highest BCUT2D eigenvalue weighted by Gasteiger charge is 2.40. The Hall–Kier alpha value is -3.21. The Morgan fingerprint density at radius 2 is 1.79 bits per heavy atom. The van der Waals surface area contributed by atoms with Crippen LogP contribution < -0.4 is 10.2 Å². The molecule has 174 valence electrons. The summed E-state index contributed by atoms with van der Waals surface area (Å²) >= 11 is 0. The van der Waals surface area contributed by atoms with Crippen molar-refractivity contribution in [2.45, 2.75) is 37.1 Å². The number of amides is 1. The highest BCUT2D eigenvalue weighted by Crippen LogP contribution is 2.30. The lowest BCUT2D eigenvalue weighted by Crippen LogP contribution is -2.51. The van der Waals surface area contributed by atoms with Crippen molar-refractivity contribution >= 4 is 15.9 Å². The van der Waals surface area contributed by atoms with Gasteiger partial charge in [-0.05, 0) is 72.9 Å². The van der Waals surface area contributed by atoms with E-state index < -0.39 is 22.0 Å². The Morgan fingerprint density at radius 3 is 2.39 bits per heavy atom. The number of hydrogen-bond donors (Lipinski definition) is 3. The first kappa shape index (κ1) is 23.0. The van der Waals surface area contributed by atoms with E-state index in [4.69, 9.17) is 9.94 Å². The number of imidazole rings is 1. The molecule has 1 aliphatic rings. The van der Waals surface area contributed by atoms with Crippen molar-refractivity contribution in [2.24, 2.45) is 5.92 Å². The lowest BCUT2D eigenvalue weighted by Gasteiger charge is -2.30. The highest BCUT2D eigenvalue weighted by atomic mass is 32.2. The zero-order chi connectivity index (χ0) is 23.4. The maximum absolute atomic E-state index is 13.4. The molecule has 33 heavy (non-hydrogen) atoms. The number of carbonyl (C=O) groups is 1. The predicted octanol–water partition coefficient (Wildman–Crippen LogP) is 3.55. The van der Waals surface area contributed by atoms with E-state index in [1.54, 1.807) is 30.1 Å². The molecule has 1 aliphatic heterocycles. The van der Waals surface area contributed by atoms with Crippen LogP contribution in [0.1, 0.15) is 26.2 Å². The van der Waals surface area contributed by atoms with Crippen LogP contribution in [0.15, 0.2) is 66.0 Å². The Bertz CT molecular complexity index is 1180. The summed E-state index contributed by atoms with van der Waals surface area (Å²) < 4.78 is 33.7. The fourth-order valence-electron chi connectivity index (χ4n) is 4.11. The number of hydrogen-bond acceptors (Lipinski definition) is 6. The number of hydroxylamine groups is 1. The fraction of sp³-hybridized carbons (Fsp3) is 0.304. The van der Waals surface area contributed by atoms with Crippen molar-refractivity contribution in [2.75, 3.05) is 6.54 Å². The average Bonchev–Trinajstić information content (AvgIpc) is 3.29. The minimum atomic E-state index is -3.95. The molecular formula is C23H26N4O5S. The van der Waals surface area contributed by atoms with Crippen molar-refractivity contribution in [3.8, 4) is 22.8 Å². The van der Waals surface area contributed by atoms with Crippen LogP contribution in [0.5, 0.6) is 11.5 Å². The van der Waals surface area contributed by atoms with E-state index in [2.05, 4.69) is 9.97 Å². The predicted molar refractivity (Wildman–Crippen MR) is 121 cm³/mol. The molecule has 2 aromatic carbocycles. The SMILES string of the molecule is CC1CCCCN(S(=O)(=O)c2ccc(Oc3ccc(-c4cnc[nH]4)cc3)cc2)[C@@H]1C(=O)NO. The van der Waals surface area contributed by atoms with Gasteiger partial charge in [0.15, 0.2) is 0 Å². The average molecular weight is 471 g/mol. The van der Waals surface area contributed by atoms with Gasteiger partial charge in [0.2, 0.25) is 10.0 Å². The molecule has 2 atom stereocenters. The number of aromatic nitrogens is 2. The third-order valence-corrected chi connectivity index (χ3v) is 7.74. The van der Waals surface area contributed by atoms with Crippen LogP contribution in [0.3, 0.4) is 0 Å². The molecule has 3 N–H and O–H groups in total. The third kappa shape index (κ3) is 4.92. The summed E-state index contributed by atoms with van der Waals surface area (Å²) in [5.74, 6) is 0.153. The summed E-state index contributed by atoms with van der Waals surface area (Å²) in [4.78, 5) is 19.4. The molecule has 1 amide bonds. The maximum atomic E-state index is 13.4. The van der Waals surface area contributed by atoms with Crippen molar-refractivity contribution < 1.29 is 23.2 Å². The van der Waals surface area contributed by atoms with Gasteiger partial charge >= 0.3 is 0 Å². The molecule has 2 heterocycles. The lowest BCUT2D eigenvalue weighted by atomic mass is 9.97. The van der Waals surface area contributed by atoms with Gasteiger partial charge < -0.3 is 9.72 Å². The smallest absolute Gasteiger partial charge is 0.262 e. The molecule has 0 bridgehead atoms. The second kappa shape index (κ2) is 9.74. The molecule has 10 heteroatoms. The molecule has 0 saturated carbocycles. The van der Waals surface area contributed by atoms with Crippen LogP contribution in [0.2, 0.25) is 0 Å². The Labute approximate surface area is 192 Å². The van der Waals surface area contributed by atoms with Gasteiger partial charge in [-0.3, -0.25) is 10.0 Å². The van der Waals surface area contributed by atoms with Crippen LogP contribution in [-0.2, 0) is 14.8 Å². The summed E-state index contributed by atoms with van der Waals surface area (Å²) in [5, 5.41) is 9.16. The van der Waals surface area contributed by atoms with Gasteiger partial charge in [-0.1, -0.05) is 13.3 Å². The summed E-state index contributed by atoms with van der Waals surface area (Å²) in [6.45, 7) is 2.04. The van der Waals surface area contributed by atoms with Crippen molar-refractivity contribution in [3.05, 3.63) is 61.1 Å². The van der Waals surface area contributed by atoms with Gasteiger partial charge in [-0.15, -0.1) is 0 Å². The topological polar surface area (TPSA) is 125 Å². The molecule has 4 rings (SSSR count). The standard InChI is InChI=1S/C23H26N4O5S/c1-16-4-2-3-13-27(22(16)23(28)26-29)33(30,31)20-11-9-19(10-12-20)32-18-7-5-17(6-8-18)21-14-24-15-25-21/h5-12,14-16,22,29H,2-4,13H2,1H3,(H,24,25)(H,26,28)/t16?,22-/m0/s1. The van der Waals surface area contributed by atoms with Gasteiger partial charge in [0.05, 0.1) is 23.1 Å². The van der Waals surface area contributed by atoms with Gasteiger partial charge in [0.25, 0.3) is 5.91 Å². The van der Waals surface area contributed by atoms with E-state index in [-0.39, 0.29) is 17.4 Å². The molecule has 9 nitrogen and oxygen atoms in total. The maximum Gasteiger partial charge on any atom is 0.262 e. The summed E-state index contributed by atoms with van der Waals surface area (Å²) in [6, 6.07) is 12.6. The van der Waals surface area contributed by atoms with E-state index in [9.17, 15) is 13.2 Å². The Balaban J connectivity index is 1.52. The van der Waals surface area contributed by atoms with Crippen LogP contribution >= 0.6 is 0 Å². The zero-order valence-electron chi connectivity index (χ0n) is 18.1. The van der Waals surface area contributed by atoms with Gasteiger partial charge in [0, 0.05) is 6.54 Å². The first-order valence-corrected chi connectivity index (χ1v) is 12.2. The summed E-state index contributed by atoms with van der Waals surface area (Å²) in [7, 11) is -3.95. The van der Waals surface area contributed by atoms with E-state index in [1.807, 2.05) is 31.2 Å². The van der Waals surface area contributed by atoms with Crippen molar-refractivity contribution in [1.29, 1.82) is 0 Å². The Kier molecular flexibility index (Phi) is 6.77. The van der Waals surface area contributed by atoms with Crippen LogP contribution in [0.4, 0.5) is 0 Å². The number of ether oxygens (including phenoxy) is 1. The largest absolute Gasteiger partial charge is 0.457 e. The second-order valence-corrected chi connectivity index (χ2v) is 9.96. The number of nitrogens with zero attached hydrogens (tertiary/aromatic N) is 2.